The Hall–Kier alpha value is -0.660. The maximum atomic E-state index is 11.6. The van der Waals surface area contributed by atoms with E-state index in [1.165, 1.54) is 0 Å². The Morgan fingerprint density at radius 1 is 0.929 bits per heavy atom. The maximum Gasteiger partial charge on any atom is 0.136 e. The molecule has 0 amide bonds. The Labute approximate surface area is 87.1 Å². The van der Waals surface area contributed by atoms with Crippen LogP contribution in [0.2, 0.25) is 0 Å². The molecule has 0 aliphatic rings. The molecule has 0 atom stereocenters. The number of hydrogen-bond donors (Lipinski definition) is 0. The Balaban J connectivity index is 3.77. The van der Waals surface area contributed by atoms with Gasteiger partial charge in [-0.2, -0.15) is 0 Å². The zero-order valence-electron chi connectivity index (χ0n) is 9.64. The SMILES string of the molecule is CCCC(=O)CCC(=O)C(CC)CC. The molecule has 0 spiro atoms. The summed E-state index contributed by atoms with van der Waals surface area (Å²) in [6, 6.07) is 0. The Morgan fingerprint density at radius 2 is 1.50 bits per heavy atom. The van der Waals surface area contributed by atoms with Gasteiger partial charge in [0.2, 0.25) is 0 Å². The molecule has 0 saturated carbocycles. The molecule has 2 heteroatoms. The van der Waals surface area contributed by atoms with E-state index in [4.69, 9.17) is 0 Å². The first-order valence-corrected chi connectivity index (χ1v) is 5.70. The van der Waals surface area contributed by atoms with Crippen molar-refractivity contribution >= 4 is 11.6 Å². The standard InChI is InChI=1S/C12H22O2/c1-4-7-11(13)8-9-12(14)10(5-2)6-3/h10H,4-9H2,1-3H3. The van der Waals surface area contributed by atoms with Crippen LogP contribution in [0.5, 0.6) is 0 Å². The van der Waals surface area contributed by atoms with E-state index in [2.05, 4.69) is 0 Å². The Kier molecular flexibility index (Phi) is 7.35. The summed E-state index contributed by atoms with van der Waals surface area (Å²) in [7, 11) is 0. The van der Waals surface area contributed by atoms with Crippen molar-refractivity contribution in [2.24, 2.45) is 5.92 Å². The van der Waals surface area contributed by atoms with Crippen LogP contribution in [0.3, 0.4) is 0 Å². The first-order chi connectivity index (χ1) is 6.65. The van der Waals surface area contributed by atoms with Gasteiger partial charge in [-0.3, -0.25) is 9.59 Å². The number of ketones is 2. The van der Waals surface area contributed by atoms with Crippen LogP contribution in [0.25, 0.3) is 0 Å². The monoisotopic (exact) mass is 198 g/mol. The molecular formula is C12H22O2. The highest BCUT2D eigenvalue weighted by molar-refractivity contribution is 5.87. The molecule has 0 aromatic carbocycles. The zero-order chi connectivity index (χ0) is 11.0. The van der Waals surface area contributed by atoms with Gasteiger partial charge in [-0.25, -0.2) is 0 Å². The average Bonchev–Trinajstić information content (AvgIpc) is 2.17. The molecule has 0 N–H and O–H groups in total. The highest BCUT2D eigenvalue weighted by Crippen LogP contribution is 2.12. The highest BCUT2D eigenvalue weighted by Gasteiger charge is 2.14. The van der Waals surface area contributed by atoms with Gasteiger partial charge in [0.15, 0.2) is 0 Å². The van der Waals surface area contributed by atoms with Crippen molar-refractivity contribution in [3.63, 3.8) is 0 Å². The van der Waals surface area contributed by atoms with Crippen LogP contribution in [-0.4, -0.2) is 11.6 Å². The van der Waals surface area contributed by atoms with Gasteiger partial charge in [-0.05, 0) is 19.3 Å². The van der Waals surface area contributed by atoms with E-state index in [9.17, 15) is 9.59 Å². The smallest absolute Gasteiger partial charge is 0.136 e. The fourth-order valence-corrected chi connectivity index (χ4v) is 1.61. The molecule has 0 radical (unpaired) electrons. The molecule has 0 aromatic heterocycles. The number of carbonyl (C=O) groups excluding carboxylic acids is 2. The lowest BCUT2D eigenvalue weighted by molar-refractivity contribution is -0.126. The van der Waals surface area contributed by atoms with Gasteiger partial charge in [-0.15, -0.1) is 0 Å². The highest BCUT2D eigenvalue weighted by atomic mass is 16.1. The van der Waals surface area contributed by atoms with Crippen molar-refractivity contribution in [1.82, 2.24) is 0 Å². The summed E-state index contributed by atoms with van der Waals surface area (Å²) in [5.41, 5.74) is 0. The second-order valence-corrected chi connectivity index (χ2v) is 3.77. The molecule has 0 aliphatic carbocycles. The summed E-state index contributed by atoms with van der Waals surface area (Å²) in [6.45, 7) is 6.04. The van der Waals surface area contributed by atoms with Gasteiger partial charge in [0.1, 0.15) is 11.6 Å². The van der Waals surface area contributed by atoms with Crippen molar-refractivity contribution in [2.45, 2.75) is 59.3 Å². The van der Waals surface area contributed by atoms with Gasteiger partial charge in [0.25, 0.3) is 0 Å². The first-order valence-electron chi connectivity index (χ1n) is 5.70. The van der Waals surface area contributed by atoms with E-state index in [-0.39, 0.29) is 17.5 Å². The molecule has 14 heavy (non-hydrogen) atoms. The third kappa shape index (κ3) is 5.15. The lowest BCUT2D eigenvalue weighted by atomic mass is 9.94. The van der Waals surface area contributed by atoms with Crippen LogP contribution in [0, 0.1) is 5.92 Å². The number of rotatable bonds is 8. The quantitative estimate of drug-likeness (QED) is 0.600. The molecule has 0 aliphatic heterocycles. The molecular weight excluding hydrogens is 176 g/mol. The van der Waals surface area contributed by atoms with Gasteiger partial charge in [-0.1, -0.05) is 20.8 Å². The fraction of sp³-hybridized carbons (Fsp3) is 0.833. The van der Waals surface area contributed by atoms with Crippen LogP contribution in [0.1, 0.15) is 59.3 Å². The van der Waals surface area contributed by atoms with Crippen LogP contribution in [0.4, 0.5) is 0 Å². The van der Waals surface area contributed by atoms with E-state index in [1.54, 1.807) is 0 Å². The van der Waals surface area contributed by atoms with Gasteiger partial charge >= 0.3 is 0 Å². The van der Waals surface area contributed by atoms with Gasteiger partial charge in [0.05, 0.1) is 0 Å². The number of carbonyl (C=O) groups is 2. The van der Waals surface area contributed by atoms with Gasteiger partial charge in [0, 0.05) is 25.2 Å². The maximum absolute atomic E-state index is 11.6. The molecule has 0 rings (SSSR count). The van der Waals surface area contributed by atoms with E-state index in [1.807, 2.05) is 20.8 Å². The molecule has 0 bridgehead atoms. The Morgan fingerprint density at radius 3 is 1.93 bits per heavy atom. The van der Waals surface area contributed by atoms with Crippen LogP contribution < -0.4 is 0 Å². The minimum absolute atomic E-state index is 0.171. The molecule has 0 aromatic rings. The Bertz CT molecular complexity index is 181. The fourth-order valence-electron chi connectivity index (χ4n) is 1.61. The zero-order valence-corrected chi connectivity index (χ0v) is 9.64. The summed E-state index contributed by atoms with van der Waals surface area (Å²) in [5.74, 6) is 0.663. The van der Waals surface area contributed by atoms with Crippen molar-refractivity contribution in [2.75, 3.05) is 0 Å². The molecule has 0 saturated heterocycles. The molecule has 82 valence electrons. The summed E-state index contributed by atoms with van der Waals surface area (Å²) in [4.78, 5) is 22.8. The lowest BCUT2D eigenvalue weighted by Crippen LogP contribution is -2.14. The lowest BCUT2D eigenvalue weighted by Gasteiger charge is -2.09. The predicted octanol–water partition coefficient (Wildman–Crippen LogP) is 3.14. The molecule has 0 unspecified atom stereocenters. The van der Waals surface area contributed by atoms with Crippen molar-refractivity contribution < 1.29 is 9.59 Å². The van der Waals surface area contributed by atoms with E-state index in [0.717, 1.165) is 19.3 Å². The van der Waals surface area contributed by atoms with Crippen LogP contribution in [-0.2, 0) is 9.59 Å². The summed E-state index contributed by atoms with van der Waals surface area (Å²) >= 11 is 0. The normalized spacial score (nSPS) is 10.6. The summed E-state index contributed by atoms with van der Waals surface area (Å²) in [5, 5.41) is 0. The van der Waals surface area contributed by atoms with Crippen molar-refractivity contribution in [1.29, 1.82) is 0 Å². The first kappa shape index (κ1) is 13.3. The van der Waals surface area contributed by atoms with E-state index >= 15 is 0 Å². The second kappa shape index (κ2) is 7.72. The minimum Gasteiger partial charge on any atom is -0.300 e. The molecule has 0 heterocycles. The van der Waals surface area contributed by atoms with Crippen LogP contribution in [0.15, 0.2) is 0 Å². The molecule has 2 nitrogen and oxygen atoms in total. The largest absolute Gasteiger partial charge is 0.300 e. The summed E-state index contributed by atoms with van der Waals surface area (Å²) in [6.07, 6.45) is 4.21. The van der Waals surface area contributed by atoms with E-state index < -0.39 is 0 Å². The minimum atomic E-state index is 0.171. The predicted molar refractivity (Wildman–Crippen MR) is 58.2 cm³/mol. The second-order valence-electron chi connectivity index (χ2n) is 3.77. The number of Topliss-reactive ketones (excluding diaryl/α,β-unsaturated/α-hetero) is 2. The van der Waals surface area contributed by atoms with Crippen LogP contribution >= 0.6 is 0 Å². The number of hydrogen-bond acceptors (Lipinski definition) is 2. The van der Waals surface area contributed by atoms with Gasteiger partial charge < -0.3 is 0 Å². The topological polar surface area (TPSA) is 34.1 Å². The van der Waals surface area contributed by atoms with Crippen molar-refractivity contribution in [3.05, 3.63) is 0 Å². The van der Waals surface area contributed by atoms with E-state index in [0.29, 0.717) is 19.3 Å². The molecule has 0 fully saturated rings. The third-order valence-corrected chi connectivity index (χ3v) is 2.62. The third-order valence-electron chi connectivity index (χ3n) is 2.62. The van der Waals surface area contributed by atoms with Crippen molar-refractivity contribution in [3.8, 4) is 0 Å². The summed E-state index contributed by atoms with van der Waals surface area (Å²) < 4.78 is 0. The average molecular weight is 198 g/mol.